The van der Waals surface area contributed by atoms with E-state index in [2.05, 4.69) is 6.92 Å². The second-order valence-corrected chi connectivity index (χ2v) is 3.69. The highest BCUT2D eigenvalue weighted by Crippen LogP contribution is 2.49. The van der Waals surface area contributed by atoms with Crippen molar-refractivity contribution in [3.63, 3.8) is 0 Å². The van der Waals surface area contributed by atoms with Crippen LogP contribution in [0.15, 0.2) is 0 Å². The summed E-state index contributed by atoms with van der Waals surface area (Å²) < 4.78 is 0. The van der Waals surface area contributed by atoms with Crippen molar-refractivity contribution in [3.8, 4) is 0 Å². The number of hydrogen-bond acceptors (Lipinski definition) is 1. The fourth-order valence-corrected chi connectivity index (χ4v) is 2.18. The van der Waals surface area contributed by atoms with Gasteiger partial charge in [-0.05, 0) is 31.6 Å². The third-order valence-corrected chi connectivity index (χ3v) is 3.07. The lowest BCUT2D eigenvalue weighted by molar-refractivity contribution is -0.125. The van der Waals surface area contributed by atoms with Crippen LogP contribution in [0.1, 0.15) is 32.6 Å². The van der Waals surface area contributed by atoms with Gasteiger partial charge in [0.25, 0.3) is 0 Å². The van der Waals surface area contributed by atoms with Gasteiger partial charge in [0.05, 0.1) is 0 Å². The highest BCUT2D eigenvalue weighted by atomic mass is 16.1. The summed E-state index contributed by atoms with van der Waals surface area (Å²) in [4.78, 5) is 11.4. The average molecular weight is 138 g/mol. The molecule has 0 aliphatic heterocycles. The lowest BCUT2D eigenvalue weighted by Crippen LogP contribution is -2.20. The van der Waals surface area contributed by atoms with Crippen LogP contribution in [0.2, 0.25) is 0 Å². The van der Waals surface area contributed by atoms with Crippen molar-refractivity contribution in [2.45, 2.75) is 32.6 Å². The maximum absolute atomic E-state index is 11.4. The summed E-state index contributed by atoms with van der Waals surface area (Å²) in [5.41, 5.74) is 0. The Kier molecular flexibility index (Phi) is 1.33. The van der Waals surface area contributed by atoms with E-state index in [0.29, 0.717) is 17.6 Å². The Morgan fingerprint density at radius 1 is 1.50 bits per heavy atom. The Hall–Kier alpha value is -0.330. The predicted molar refractivity (Wildman–Crippen MR) is 39.6 cm³/mol. The van der Waals surface area contributed by atoms with Crippen LogP contribution in [0.4, 0.5) is 0 Å². The molecule has 0 spiro atoms. The Labute approximate surface area is 61.8 Å². The second-order valence-electron chi connectivity index (χ2n) is 3.69. The number of fused-ring (bicyclic) bond motifs is 1. The molecular formula is C9H14O. The van der Waals surface area contributed by atoms with Gasteiger partial charge in [0.2, 0.25) is 0 Å². The van der Waals surface area contributed by atoms with Gasteiger partial charge >= 0.3 is 0 Å². The topological polar surface area (TPSA) is 17.1 Å². The van der Waals surface area contributed by atoms with Crippen LogP contribution in [0.25, 0.3) is 0 Å². The lowest BCUT2D eigenvalue weighted by Gasteiger charge is -2.17. The van der Waals surface area contributed by atoms with E-state index < -0.39 is 0 Å². The van der Waals surface area contributed by atoms with Crippen molar-refractivity contribution in [1.29, 1.82) is 0 Å². The molecule has 2 fully saturated rings. The lowest BCUT2D eigenvalue weighted by atomic mass is 9.86. The van der Waals surface area contributed by atoms with Gasteiger partial charge in [-0.3, -0.25) is 4.79 Å². The molecule has 0 radical (unpaired) electrons. The van der Waals surface area contributed by atoms with Gasteiger partial charge in [-0.25, -0.2) is 0 Å². The summed E-state index contributed by atoms with van der Waals surface area (Å²) in [6.07, 6.45) is 4.79. The molecule has 0 aromatic carbocycles. The zero-order valence-electron chi connectivity index (χ0n) is 6.47. The van der Waals surface area contributed by atoms with Crippen molar-refractivity contribution < 1.29 is 4.79 Å². The highest BCUT2D eigenvalue weighted by Gasteiger charge is 2.47. The molecule has 0 amide bonds. The van der Waals surface area contributed by atoms with Crippen molar-refractivity contribution in [3.05, 3.63) is 0 Å². The van der Waals surface area contributed by atoms with Gasteiger partial charge in [0.15, 0.2) is 0 Å². The van der Waals surface area contributed by atoms with Crippen molar-refractivity contribution in [1.82, 2.24) is 0 Å². The minimum atomic E-state index is 0.434. The molecular weight excluding hydrogens is 124 g/mol. The quantitative estimate of drug-likeness (QED) is 0.541. The van der Waals surface area contributed by atoms with Gasteiger partial charge < -0.3 is 0 Å². The van der Waals surface area contributed by atoms with Crippen LogP contribution in [-0.4, -0.2) is 5.78 Å². The fourth-order valence-electron chi connectivity index (χ4n) is 2.18. The molecule has 1 nitrogen and oxygen atoms in total. The van der Waals surface area contributed by atoms with Crippen molar-refractivity contribution >= 4 is 5.78 Å². The van der Waals surface area contributed by atoms with Crippen LogP contribution in [0.3, 0.4) is 0 Å². The van der Waals surface area contributed by atoms with Crippen molar-refractivity contribution in [2.75, 3.05) is 0 Å². The van der Waals surface area contributed by atoms with E-state index in [4.69, 9.17) is 0 Å². The number of carbonyl (C=O) groups excluding carboxylic acids is 1. The van der Waals surface area contributed by atoms with E-state index >= 15 is 0 Å². The van der Waals surface area contributed by atoms with Crippen LogP contribution in [0, 0.1) is 17.8 Å². The molecule has 0 heterocycles. The van der Waals surface area contributed by atoms with E-state index in [1.54, 1.807) is 0 Å². The third kappa shape index (κ3) is 0.799. The largest absolute Gasteiger partial charge is 0.299 e. The molecule has 0 aromatic heterocycles. The van der Waals surface area contributed by atoms with Gasteiger partial charge in [-0.15, -0.1) is 0 Å². The molecule has 10 heavy (non-hydrogen) atoms. The molecule has 2 aliphatic rings. The minimum absolute atomic E-state index is 0.434. The van der Waals surface area contributed by atoms with E-state index in [0.717, 1.165) is 12.3 Å². The first-order chi connectivity index (χ1) is 4.83. The highest BCUT2D eigenvalue weighted by molar-refractivity contribution is 5.86. The first-order valence-electron chi connectivity index (χ1n) is 4.36. The Bertz CT molecular complexity index is 162. The Morgan fingerprint density at radius 3 is 3.00 bits per heavy atom. The molecule has 0 N–H and O–H groups in total. The Balaban J connectivity index is 2.04. The van der Waals surface area contributed by atoms with Crippen LogP contribution in [-0.2, 0) is 4.79 Å². The number of hydrogen-bond donors (Lipinski definition) is 0. The van der Waals surface area contributed by atoms with E-state index in [1.807, 2.05) is 0 Å². The smallest absolute Gasteiger partial charge is 0.139 e. The fraction of sp³-hybridized carbons (Fsp3) is 0.889. The first kappa shape index (κ1) is 6.38. The summed E-state index contributed by atoms with van der Waals surface area (Å²) in [7, 11) is 0. The second kappa shape index (κ2) is 2.08. The minimum Gasteiger partial charge on any atom is -0.299 e. The van der Waals surface area contributed by atoms with Crippen LogP contribution < -0.4 is 0 Å². The Morgan fingerprint density at radius 2 is 2.30 bits per heavy atom. The maximum Gasteiger partial charge on any atom is 0.139 e. The van der Waals surface area contributed by atoms with Gasteiger partial charge in [-0.1, -0.05) is 6.92 Å². The average Bonchev–Trinajstić information content (AvgIpc) is 2.68. The number of ketones is 1. The zero-order valence-corrected chi connectivity index (χ0v) is 6.47. The summed E-state index contributed by atoms with van der Waals surface area (Å²) in [6.45, 7) is 2.13. The summed E-state index contributed by atoms with van der Waals surface area (Å²) in [6, 6.07) is 0. The maximum atomic E-state index is 11.4. The standard InChI is InChI=1S/C9H14O/c1-2-6-3-4-7-5-8(7)9(6)10/h6-8H,2-5H2,1H3. The van der Waals surface area contributed by atoms with E-state index in [9.17, 15) is 4.79 Å². The van der Waals surface area contributed by atoms with Gasteiger partial charge in [-0.2, -0.15) is 0 Å². The van der Waals surface area contributed by atoms with Crippen LogP contribution in [0.5, 0.6) is 0 Å². The summed E-state index contributed by atoms with van der Waals surface area (Å²) >= 11 is 0. The normalized spacial score (nSPS) is 44.9. The number of carbonyl (C=O) groups is 1. The third-order valence-electron chi connectivity index (χ3n) is 3.07. The van der Waals surface area contributed by atoms with Crippen molar-refractivity contribution in [2.24, 2.45) is 17.8 Å². The molecule has 0 bridgehead atoms. The van der Waals surface area contributed by atoms with Crippen LogP contribution >= 0.6 is 0 Å². The van der Waals surface area contributed by atoms with Gasteiger partial charge in [0.1, 0.15) is 5.78 Å². The molecule has 0 saturated heterocycles. The molecule has 2 rings (SSSR count). The van der Waals surface area contributed by atoms with E-state index in [-0.39, 0.29) is 0 Å². The molecule has 56 valence electrons. The SMILES string of the molecule is CCC1CCC2CC2C1=O. The number of rotatable bonds is 1. The van der Waals surface area contributed by atoms with Gasteiger partial charge in [0, 0.05) is 11.8 Å². The first-order valence-corrected chi connectivity index (χ1v) is 4.36. The molecule has 2 aliphatic carbocycles. The number of Topliss-reactive ketones (excluding diaryl/α,β-unsaturated/α-hetero) is 1. The summed E-state index contributed by atoms with van der Waals surface area (Å²) in [5.74, 6) is 2.34. The molecule has 1 heteroatoms. The molecule has 3 atom stereocenters. The zero-order chi connectivity index (χ0) is 7.14. The predicted octanol–water partition coefficient (Wildman–Crippen LogP) is 2.01. The molecule has 0 aromatic rings. The van der Waals surface area contributed by atoms with E-state index in [1.165, 1.54) is 19.3 Å². The summed E-state index contributed by atoms with van der Waals surface area (Å²) in [5, 5.41) is 0. The molecule has 3 unspecified atom stereocenters. The molecule has 2 saturated carbocycles. The monoisotopic (exact) mass is 138 g/mol.